The van der Waals surface area contributed by atoms with Crippen LogP contribution in [0.15, 0.2) is 30.3 Å². The number of aliphatic carboxylic acids is 1. The van der Waals surface area contributed by atoms with Crippen LogP contribution in [0.5, 0.6) is 0 Å². The number of amides is 1. The Morgan fingerprint density at radius 1 is 1.33 bits per heavy atom. The minimum Gasteiger partial charge on any atom is -0.479 e. The van der Waals surface area contributed by atoms with E-state index in [0.717, 1.165) is 5.56 Å². The van der Waals surface area contributed by atoms with E-state index < -0.39 is 18.2 Å². The molecule has 100 valence electrons. The van der Waals surface area contributed by atoms with Gasteiger partial charge in [-0.05, 0) is 12.0 Å². The van der Waals surface area contributed by atoms with Crippen molar-refractivity contribution in [2.45, 2.75) is 26.1 Å². The van der Waals surface area contributed by atoms with Crippen LogP contribution in [-0.4, -0.2) is 28.4 Å². The van der Waals surface area contributed by atoms with Crippen LogP contribution < -0.4 is 5.73 Å². The molecule has 6 nitrogen and oxygen atoms in total. The number of carboxylic acid groups (broad SMARTS) is 1. The number of hydrogen-bond donors (Lipinski definition) is 3. The van der Waals surface area contributed by atoms with Gasteiger partial charge in [0.05, 0.1) is 0 Å². The van der Waals surface area contributed by atoms with Crippen LogP contribution in [0.2, 0.25) is 0 Å². The van der Waals surface area contributed by atoms with E-state index in [1.807, 2.05) is 30.3 Å². The van der Waals surface area contributed by atoms with Crippen molar-refractivity contribution in [2.75, 3.05) is 0 Å². The first-order valence-electron chi connectivity index (χ1n) is 5.34. The number of rotatable bonds is 4. The summed E-state index contributed by atoms with van der Waals surface area (Å²) in [6.45, 7) is 1.86. The van der Waals surface area contributed by atoms with Gasteiger partial charge in [-0.1, -0.05) is 37.3 Å². The summed E-state index contributed by atoms with van der Waals surface area (Å²) in [6, 6.07) is 9.37. The average molecular weight is 255 g/mol. The van der Waals surface area contributed by atoms with Crippen molar-refractivity contribution in [1.82, 2.24) is 0 Å². The summed E-state index contributed by atoms with van der Waals surface area (Å²) in [6.07, 6.45) is -1.65. The SMILES string of the molecule is CCC(O)C(=O)O.NC(=O)OCc1ccccc1. The smallest absolute Gasteiger partial charge is 0.404 e. The number of aliphatic hydroxyl groups excluding tert-OH is 1. The highest BCUT2D eigenvalue weighted by atomic mass is 16.5. The van der Waals surface area contributed by atoms with Gasteiger partial charge in [-0.3, -0.25) is 0 Å². The van der Waals surface area contributed by atoms with Crippen molar-refractivity contribution in [3.05, 3.63) is 35.9 Å². The van der Waals surface area contributed by atoms with Gasteiger partial charge in [-0.2, -0.15) is 0 Å². The van der Waals surface area contributed by atoms with Gasteiger partial charge in [0, 0.05) is 0 Å². The van der Waals surface area contributed by atoms with E-state index in [1.54, 1.807) is 6.92 Å². The molecule has 1 atom stereocenters. The van der Waals surface area contributed by atoms with Crippen molar-refractivity contribution in [3.63, 3.8) is 0 Å². The lowest BCUT2D eigenvalue weighted by molar-refractivity contribution is -0.146. The van der Waals surface area contributed by atoms with Gasteiger partial charge in [0.2, 0.25) is 0 Å². The number of primary amides is 1. The van der Waals surface area contributed by atoms with Crippen molar-refractivity contribution in [1.29, 1.82) is 0 Å². The lowest BCUT2D eigenvalue weighted by Crippen LogP contribution is -2.17. The molecular weight excluding hydrogens is 238 g/mol. The Morgan fingerprint density at radius 2 is 1.89 bits per heavy atom. The van der Waals surface area contributed by atoms with Crippen molar-refractivity contribution in [3.8, 4) is 0 Å². The maximum Gasteiger partial charge on any atom is 0.404 e. The van der Waals surface area contributed by atoms with Crippen molar-refractivity contribution < 1.29 is 24.5 Å². The van der Waals surface area contributed by atoms with E-state index in [-0.39, 0.29) is 13.0 Å². The first-order valence-corrected chi connectivity index (χ1v) is 5.34. The van der Waals surface area contributed by atoms with E-state index >= 15 is 0 Å². The average Bonchev–Trinajstić information content (AvgIpc) is 2.37. The molecule has 0 aromatic heterocycles. The van der Waals surface area contributed by atoms with Gasteiger partial charge in [-0.15, -0.1) is 0 Å². The molecule has 0 aliphatic heterocycles. The normalized spacial score (nSPS) is 10.8. The molecule has 0 saturated heterocycles. The molecule has 1 aromatic rings. The second kappa shape index (κ2) is 9.00. The van der Waals surface area contributed by atoms with Crippen molar-refractivity contribution >= 4 is 12.1 Å². The van der Waals surface area contributed by atoms with Gasteiger partial charge in [-0.25, -0.2) is 9.59 Å². The zero-order valence-electron chi connectivity index (χ0n) is 10.1. The van der Waals surface area contributed by atoms with Crippen LogP contribution in [0.1, 0.15) is 18.9 Å². The van der Waals surface area contributed by atoms with E-state index in [2.05, 4.69) is 4.74 Å². The Bertz CT molecular complexity index is 366. The van der Waals surface area contributed by atoms with E-state index in [4.69, 9.17) is 15.9 Å². The van der Waals surface area contributed by atoms with Crippen LogP contribution in [0, 0.1) is 0 Å². The highest BCUT2D eigenvalue weighted by Gasteiger charge is 2.07. The quantitative estimate of drug-likeness (QED) is 0.746. The molecule has 0 aliphatic rings. The minimum absolute atomic E-state index is 0.246. The Morgan fingerprint density at radius 3 is 2.22 bits per heavy atom. The Kier molecular flexibility index (Phi) is 7.96. The fraction of sp³-hybridized carbons (Fsp3) is 0.333. The molecule has 0 fully saturated rings. The van der Waals surface area contributed by atoms with E-state index in [9.17, 15) is 9.59 Å². The number of hydrogen-bond acceptors (Lipinski definition) is 4. The Labute approximate surface area is 105 Å². The summed E-state index contributed by atoms with van der Waals surface area (Å²) >= 11 is 0. The molecule has 0 radical (unpaired) electrons. The van der Waals surface area contributed by atoms with Gasteiger partial charge < -0.3 is 20.7 Å². The lowest BCUT2D eigenvalue weighted by Gasteiger charge is -1.99. The van der Waals surface area contributed by atoms with Gasteiger partial charge in [0.1, 0.15) is 6.61 Å². The monoisotopic (exact) mass is 255 g/mol. The maximum atomic E-state index is 10.2. The molecule has 0 bridgehead atoms. The lowest BCUT2D eigenvalue weighted by atomic mass is 10.2. The topological polar surface area (TPSA) is 110 Å². The standard InChI is InChI=1S/C8H9NO2.C4H8O3/c9-8(10)11-6-7-4-2-1-3-5-7;1-2-3(5)4(6)7/h1-5H,6H2,(H2,9,10);3,5H,2H2,1H3,(H,6,7). The number of ether oxygens (including phenoxy) is 1. The molecule has 18 heavy (non-hydrogen) atoms. The van der Waals surface area contributed by atoms with Gasteiger partial charge in [0.25, 0.3) is 0 Å². The van der Waals surface area contributed by atoms with Crippen LogP contribution in [-0.2, 0) is 16.1 Å². The van der Waals surface area contributed by atoms with Gasteiger partial charge in [0.15, 0.2) is 6.10 Å². The summed E-state index contributed by atoms with van der Waals surface area (Å²) in [5, 5.41) is 16.3. The third-order valence-corrected chi connectivity index (χ3v) is 1.90. The molecule has 0 spiro atoms. The predicted molar refractivity (Wildman–Crippen MR) is 64.7 cm³/mol. The first kappa shape index (κ1) is 15.9. The number of carbonyl (C=O) groups is 2. The van der Waals surface area contributed by atoms with E-state index in [0.29, 0.717) is 0 Å². The number of aliphatic hydroxyl groups is 1. The first-order chi connectivity index (χ1) is 8.47. The molecule has 0 heterocycles. The molecule has 0 saturated carbocycles. The number of carbonyl (C=O) groups excluding carboxylic acids is 1. The summed E-state index contributed by atoms with van der Waals surface area (Å²) in [5.41, 5.74) is 5.72. The number of carboxylic acids is 1. The number of nitrogens with two attached hydrogens (primary N) is 1. The molecular formula is C12H17NO5. The molecule has 1 rings (SSSR count). The van der Waals surface area contributed by atoms with Crippen molar-refractivity contribution in [2.24, 2.45) is 5.73 Å². The predicted octanol–water partition coefficient (Wildman–Crippen LogP) is 1.12. The summed E-state index contributed by atoms with van der Waals surface area (Å²) in [7, 11) is 0. The third kappa shape index (κ3) is 8.12. The van der Waals surface area contributed by atoms with E-state index in [1.165, 1.54) is 0 Å². The fourth-order valence-corrected chi connectivity index (χ4v) is 0.903. The van der Waals surface area contributed by atoms with Gasteiger partial charge >= 0.3 is 12.1 Å². The summed E-state index contributed by atoms with van der Waals surface area (Å²) < 4.78 is 4.57. The highest BCUT2D eigenvalue weighted by molar-refractivity contribution is 5.71. The van der Waals surface area contributed by atoms with Crippen LogP contribution in [0.3, 0.4) is 0 Å². The summed E-state index contributed by atoms with van der Waals surface area (Å²) in [5.74, 6) is -1.15. The Balaban J connectivity index is 0.000000360. The molecule has 4 N–H and O–H groups in total. The van der Waals surface area contributed by atoms with Crippen LogP contribution in [0.25, 0.3) is 0 Å². The second-order valence-corrected chi connectivity index (χ2v) is 3.36. The van der Waals surface area contributed by atoms with Crippen LogP contribution >= 0.6 is 0 Å². The molecule has 6 heteroatoms. The molecule has 1 unspecified atom stereocenters. The molecule has 1 amide bonds. The van der Waals surface area contributed by atoms with Crippen LogP contribution in [0.4, 0.5) is 4.79 Å². The summed E-state index contributed by atoms with van der Waals surface area (Å²) in [4.78, 5) is 19.9. The highest BCUT2D eigenvalue weighted by Crippen LogP contribution is 1.99. The third-order valence-electron chi connectivity index (χ3n) is 1.90. The Hall–Kier alpha value is -2.08. The molecule has 0 aliphatic carbocycles. The minimum atomic E-state index is -1.18. The number of benzene rings is 1. The maximum absolute atomic E-state index is 10.2. The second-order valence-electron chi connectivity index (χ2n) is 3.36. The molecule has 1 aromatic carbocycles. The fourth-order valence-electron chi connectivity index (χ4n) is 0.903. The largest absolute Gasteiger partial charge is 0.479 e. The zero-order valence-corrected chi connectivity index (χ0v) is 10.1. The zero-order chi connectivity index (χ0) is 14.0.